The van der Waals surface area contributed by atoms with E-state index in [9.17, 15) is 0 Å². The topological polar surface area (TPSA) is 47.0 Å². The Morgan fingerprint density at radius 1 is 1.37 bits per heavy atom. The van der Waals surface area contributed by atoms with Gasteiger partial charge in [0.1, 0.15) is 5.82 Å². The quantitative estimate of drug-likeness (QED) is 0.675. The molecule has 1 saturated carbocycles. The van der Waals surface area contributed by atoms with Crippen LogP contribution in [0.25, 0.3) is 10.2 Å². The molecule has 19 heavy (non-hydrogen) atoms. The second-order valence-electron chi connectivity index (χ2n) is 4.68. The molecule has 0 saturated heterocycles. The SMILES string of the molecule is Clc1nc(NCCOC2CCCC2)c2sccc2n1. The third kappa shape index (κ3) is 3.16. The number of hydrogen-bond acceptors (Lipinski definition) is 5. The molecule has 102 valence electrons. The van der Waals surface area contributed by atoms with Gasteiger partial charge < -0.3 is 10.1 Å². The molecule has 0 amide bonds. The number of rotatable bonds is 5. The monoisotopic (exact) mass is 297 g/mol. The van der Waals surface area contributed by atoms with Crippen molar-refractivity contribution in [3.8, 4) is 0 Å². The van der Waals surface area contributed by atoms with E-state index in [1.165, 1.54) is 25.7 Å². The first-order valence-corrected chi connectivity index (χ1v) is 7.85. The zero-order valence-corrected chi connectivity index (χ0v) is 12.1. The van der Waals surface area contributed by atoms with Gasteiger partial charge in [-0.3, -0.25) is 0 Å². The van der Waals surface area contributed by atoms with Crippen LogP contribution in [-0.4, -0.2) is 29.2 Å². The number of halogens is 1. The number of nitrogens with one attached hydrogen (secondary N) is 1. The van der Waals surface area contributed by atoms with Crippen molar-refractivity contribution in [3.05, 3.63) is 16.7 Å². The fourth-order valence-corrected chi connectivity index (χ4v) is 3.38. The fourth-order valence-electron chi connectivity index (χ4n) is 2.41. The number of ether oxygens (including phenoxy) is 1. The van der Waals surface area contributed by atoms with Gasteiger partial charge in [0.2, 0.25) is 5.28 Å². The molecule has 6 heteroatoms. The predicted octanol–water partition coefficient (Wildman–Crippen LogP) is 3.72. The zero-order chi connectivity index (χ0) is 13.1. The van der Waals surface area contributed by atoms with E-state index >= 15 is 0 Å². The van der Waals surface area contributed by atoms with Crippen molar-refractivity contribution in [2.45, 2.75) is 31.8 Å². The Morgan fingerprint density at radius 2 is 2.21 bits per heavy atom. The number of fused-ring (bicyclic) bond motifs is 1. The van der Waals surface area contributed by atoms with Gasteiger partial charge in [-0.1, -0.05) is 12.8 Å². The van der Waals surface area contributed by atoms with Gasteiger partial charge in [0, 0.05) is 6.54 Å². The summed E-state index contributed by atoms with van der Waals surface area (Å²) in [6.45, 7) is 1.45. The van der Waals surface area contributed by atoms with Gasteiger partial charge in [-0.25, -0.2) is 4.98 Å². The molecule has 3 rings (SSSR count). The van der Waals surface area contributed by atoms with Crippen molar-refractivity contribution in [2.24, 2.45) is 0 Å². The van der Waals surface area contributed by atoms with Crippen molar-refractivity contribution in [3.63, 3.8) is 0 Å². The Bertz CT molecular complexity index is 554. The number of hydrogen-bond donors (Lipinski definition) is 1. The number of aromatic nitrogens is 2. The van der Waals surface area contributed by atoms with Crippen molar-refractivity contribution in [1.29, 1.82) is 0 Å². The summed E-state index contributed by atoms with van der Waals surface area (Å²) in [5.74, 6) is 0.806. The van der Waals surface area contributed by atoms with Crippen LogP contribution in [0.1, 0.15) is 25.7 Å². The van der Waals surface area contributed by atoms with Crippen LogP contribution in [0.15, 0.2) is 11.4 Å². The van der Waals surface area contributed by atoms with Crippen LogP contribution < -0.4 is 5.32 Å². The molecular formula is C13H16ClN3OS. The summed E-state index contributed by atoms with van der Waals surface area (Å²) in [5, 5.41) is 5.57. The molecule has 4 nitrogen and oxygen atoms in total. The van der Waals surface area contributed by atoms with Crippen LogP contribution in [0.3, 0.4) is 0 Å². The number of anilines is 1. The standard InChI is InChI=1S/C13H16ClN3OS/c14-13-16-10-5-8-19-11(10)12(17-13)15-6-7-18-9-3-1-2-4-9/h5,8-9H,1-4,6-7H2,(H,15,16,17). The Balaban J connectivity index is 1.57. The van der Waals surface area contributed by atoms with Crippen LogP contribution in [0.4, 0.5) is 5.82 Å². The first-order valence-electron chi connectivity index (χ1n) is 6.59. The third-order valence-electron chi connectivity index (χ3n) is 3.33. The van der Waals surface area contributed by atoms with Gasteiger partial charge in [0.25, 0.3) is 0 Å². The number of nitrogens with zero attached hydrogens (tertiary/aromatic N) is 2. The van der Waals surface area contributed by atoms with Crippen molar-refractivity contribution < 1.29 is 4.74 Å². The molecule has 0 aliphatic heterocycles. The lowest BCUT2D eigenvalue weighted by Gasteiger charge is -2.12. The molecule has 2 aromatic rings. The molecule has 0 bridgehead atoms. The molecule has 0 atom stereocenters. The maximum Gasteiger partial charge on any atom is 0.224 e. The van der Waals surface area contributed by atoms with Gasteiger partial charge in [-0.2, -0.15) is 4.98 Å². The lowest BCUT2D eigenvalue weighted by molar-refractivity contribution is 0.0659. The summed E-state index contributed by atoms with van der Waals surface area (Å²) < 4.78 is 6.86. The molecule has 2 heterocycles. The fraction of sp³-hybridized carbons (Fsp3) is 0.538. The van der Waals surface area contributed by atoms with E-state index in [1.807, 2.05) is 11.4 Å². The maximum absolute atomic E-state index is 5.91. The van der Waals surface area contributed by atoms with Crippen molar-refractivity contribution in [2.75, 3.05) is 18.5 Å². The van der Waals surface area contributed by atoms with Crippen molar-refractivity contribution >= 4 is 39.0 Å². The van der Waals surface area contributed by atoms with E-state index in [0.717, 1.165) is 22.6 Å². The van der Waals surface area contributed by atoms with Gasteiger partial charge in [-0.05, 0) is 35.9 Å². The second-order valence-corrected chi connectivity index (χ2v) is 5.93. The molecule has 0 unspecified atom stereocenters. The third-order valence-corrected chi connectivity index (χ3v) is 4.41. The second kappa shape index (κ2) is 6.03. The lowest BCUT2D eigenvalue weighted by atomic mass is 10.3. The van der Waals surface area contributed by atoms with E-state index in [4.69, 9.17) is 16.3 Å². The highest BCUT2D eigenvalue weighted by molar-refractivity contribution is 7.17. The summed E-state index contributed by atoms with van der Waals surface area (Å²) in [4.78, 5) is 8.42. The molecular weight excluding hydrogens is 282 g/mol. The first-order chi connectivity index (χ1) is 9.33. The van der Waals surface area contributed by atoms with Crippen molar-refractivity contribution in [1.82, 2.24) is 9.97 Å². The van der Waals surface area contributed by atoms with E-state index in [0.29, 0.717) is 12.7 Å². The highest BCUT2D eigenvalue weighted by Crippen LogP contribution is 2.27. The summed E-state index contributed by atoms with van der Waals surface area (Å²) in [5.41, 5.74) is 0.893. The van der Waals surface area contributed by atoms with Gasteiger partial charge in [-0.15, -0.1) is 11.3 Å². The molecule has 0 radical (unpaired) electrons. The van der Waals surface area contributed by atoms with Gasteiger partial charge in [0.05, 0.1) is 22.9 Å². The molecule has 1 aliphatic carbocycles. The Morgan fingerprint density at radius 3 is 3.05 bits per heavy atom. The smallest absolute Gasteiger partial charge is 0.224 e. The Labute approximate surface area is 121 Å². The largest absolute Gasteiger partial charge is 0.376 e. The zero-order valence-electron chi connectivity index (χ0n) is 10.6. The highest BCUT2D eigenvalue weighted by atomic mass is 35.5. The molecule has 0 spiro atoms. The van der Waals surface area contributed by atoms with E-state index in [1.54, 1.807) is 11.3 Å². The van der Waals surface area contributed by atoms with Gasteiger partial charge in [0.15, 0.2) is 0 Å². The predicted molar refractivity (Wildman–Crippen MR) is 79.1 cm³/mol. The Hall–Kier alpha value is -0.910. The first kappa shape index (κ1) is 13.1. The Kier molecular flexibility index (Phi) is 4.15. The van der Waals surface area contributed by atoms with Crippen LogP contribution in [0.2, 0.25) is 5.28 Å². The summed E-state index contributed by atoms with van der Waals surface area (Å²) in [7, 11) is 0. The highest BCUT2D eigenvalue weighted by Gasteiger charge is 2.15. The van der Waals surface area contributed by atoms with E-state index < -0.39 is 0 Å². The summed E-state index contributed by atoms with van der Waals surface area (Å²) in [6.07, 6.45) is 5.46. The van der Waals surface area contributed by atoms with Crippen LogP contribution in [0, 0.1) is 0 Å². The average molecular weight is 298 g/mol. The summed E-state index contributed by atoms with van der Waals surface area (Å²) >= 11 is 7.53. The molecule has 1 fully saturated rings. The molecule has 0 aromatic carbocycles. The van der Waals surface area contributed by atoms with Crippen LogP contribution >= 0.6 is 22.9 Å². The summed E-state index contributed by atoms with van der Waals surface area (Å²) in [6, 6.07) is 1.95. The minimum Gasteiger partial charge on any atom is -0.376 e. The molecule has 1 aliphatic rings. The number of thiophene rings is 1. The molecule has 1 N–H and O–H groups in total. The van der Waals surface area contributed by atoms with Crippen LogP contribution in [-0.2, 0) is 4.74 Å². The molecule has 2 aromatic heterocycles. The average Bonchev–Trinajstić information content (AvgIpc) is 3.04. The van der Waals surface area contributed by atoms with Crippen LogP contribution in [0.5, 0.6) is 0 Å². The minimum absolute atomic E-state index is 0.283. The minimum atomic E-state index is 0.283. The van der Waals surface area contributed by atoms with E-state index in [2.05, 4.69) is 15.3 Å². The maximum atomic E-state index is 5.91. The lowest BCUT2D eigenvalue weighted by Crippen LogP contribution is -2.16. The normalized spacial score (nSPS) is 16.3. The van der Waals surface area contributed by atoms with Gasteiger partial charge >= 0.3 is 0 Å². The van der Waals surface area contributed by atoms with E-state index in [-0.39, 0.29) is 5.28 Å².